The molecule has 0 unspecified atom stereocenters. The first kappa shape index (κ1) is 25.4. The Kier molecular flexibility index (Phi) is 6.87. The molecule has 10 nitrogen and oxygen atoms in total. The van der Waals surface area contributed by atoms with Gasteiger partial charge < -0.3 is 20.7 Å². The fourth-order valence-electron chi connectivity index (χ4n) is 4.72. The van der Waals surface area contributed by atoms with Crippen molar-refractivity contribution in [2.45, 2.75) is 30.9 Å². The zero-order chi connectivity index (χ0) is 27.0. The van der Waals surface area contributed by atoms with E-state index in [1.165, 1.54) is 21.6 Å². The van der Waals surface area contributed by atoms with Crippen LogP contribution in [0.15, 0.2) is 83.1 Å². The van der Waals surface area contributed by atoms with E-state index in [0.717, 1.165) is 5.56 Å². The molecule has 5 rings (SSSR count). The lowest BCUT2D eigenvalue weighted by Crippen LogP contribution is -2.71. The molecule has 2 amide bonds. The maximum atomic E-state index is 13.8. The van der Waals surface area contributed by atoms with Crippen molar-refractivity contribution in [2.24, 2.45) is 5.73 Å². The predicted molar refractivity (Wildman–Crippen MR) is 141 cm³/mol. The van der Waals surface area contributed by atoms with E-state index in [0.29, 0.717) is 22.6 Å². The van der Waals surface area contributed by atoms with E-state index in [4.69, 9.17) is 5.73 Å². The lowest BCUT2D eigenvalue weighted by molar-refractivity contribution is -0.161. The number of carboxylic acid groups (broad SMARTS) is 1. The van der Waals surface area contributed by atoms with E-state index in [9.17, 15) is 24.3 Å². The molecule has 2 aliphatic heterocycles. The number of aromatic amines is 1. The van der Waals surface area contributed by atoms with Gasteiger partial charge in [-0.2, -0.15) is 0 Å². The number of amides is 2. The Hall–Kier alpha value is -4.22. The van der Waals surface area contributed by atoms with Crippen LogP contribution in [0, 0.1) is 0 Å². The van der Waals surface area contributed by atoms with Crippen molar-refractivity contribution >= 4 is 29.5 Å². The first-order valence-electron chi connectivity index (χ1n) is 11.9. The summed E-state index contributed by atoms with van der Waals surface area (Å²) in [6.07, 6.45) is 3.23. The van der Waals surface area contributed by atoms with E-state index in [2.05, 4.69) is 9.97 Å². The number of carbonyl (C=O) groups is 3. The average Bonchev–Trinajstić information content (AvgIpc) is 2.93. The van der Waals surface area contributed by atoms with Crippen molar-refractivity contribution in [1.82, 2.24) is 19.8 Å². The van der Waals surface area contributed by atoms with Gasteiger partial charge in [-0.25, -0.2) is 4.79 Å². The summed E-state index contributed by atoms with van der Waals surface area (Å²) in [5, 5.41) is 9.10. The first-order valence-corrected chi connectivity index (χ1v) is 12.9. The van der Waals surface area contributed by atoms with Crippen molar-refractivity contribution in [3.05, 3.63) is 99.7 Å². The van der Waals surface area contributed by atoms with Crippen LogP contribution in [0.3, 0.4) is 0 Å². The highest BCUT2D eigenvalue weighted by Crippen LogP contribution is 2.43. The summed E-state index contributed by atoms with van der Waals surface area (Å²) >= 11 is 1.38. The summed E-state index contributed by atoms with van der Waals surface area (Å²) in [6.45, 7) is 1.50. The van der Waals surface area contributed by atoms with Gasteiger partial charge in [-0.1, -0.05) is 30.3 Å². The number of carboxylic acids is 1. The molecule has 4 N–H and O–H groups in total. The number of thioether (sulfide) groups is 1. The van der Waals surface area contributed by atoms with Crippen molar-refractivity contribution in [1.29, 1.82) is 0 Å². The van der Waals surface area contributed by atoms with Crippen molar-refractivity contribution < 1.29 is 19.5 Å². The standard InChI is InChI=1S/C27H25N5O5S/c1-15-14-38-26-22(25(35)32(26)21(15)27(36)37)31(24(34)20(28)17-5-3-2-4-6-17)13-18-7-8-19(30-23(18)33)16-9-11-29-12-10-16/h2-12,20,22,26H,13-14,28H2,1H3,(H,30,33)(H,36,37)/t20-,22-,26-/m1/s1. The number of β-lactam (4-membered cyclic amide) rings is 1. The van der Waals surface area contributed by atoms with Gasteiger partial charge in [0, 0.05) is 35.0 Å². The van der Waals surface area contributed by atoms with Crippen LogP contribution in [0.25, 0.3) is 11.3 Å². The Labute approximate surface area is 222 Å². The highest BCUT2D eigenvalue weighted by molar-refractivity contribution is 8.00. The third-order valence-corrected chi connectivity index (χ3v) is 8.11. The molecule has 0 radical (unpaired) electrons. The van der Waals surface area contributed by atoms with Gasteiger partial charge in [0.15, 0.2) is 0 Å². The second-order valence-corrected chi connectivity index (χ2v) is 10.2. The SMILES string of the molecule is CC1=C(C(=O)O)N2C(=O)[C@@H](N(Cc3ccc(-c4ccncc4)[nH]c3=O)C(=O)[C@H](N)c3ccccc3)[C@H]2SC1. The fraction of sp³-hybridized carbons (Fsp3) is 0.222. The summed E-state index contributed by atoms with van der Waals surface area (Å²) in [7, 11) is 0. The Balaban J connectivity index is 1.49. The van der Waals surface area contributed by atoms with Gasteiger partial charge in [0.25, 0.3) is 11.5 Å². The minimum Gasteiger partial charge on any atom is -0.477 e. The van der Waals surface area contributed by atoms with Crippen LogP contribution < -0.4 is 11.3 Å². The molecule has 3 aromatic rings. The number of aromatic nitrogens is 2. The minimum absolute atomic E-state index is 0.0608. The molecule has 11 heteroatoms. The summed E-state index contributed by atoms with van der Waals surface area (Å²) in [5.74, 6) is -1.84. The molecule has 0 saturated carbocycles. The van der Waals surface area contributed by atoms with E-state index < -0.39 is 40.8 Å². The predicted octanol–water partition coefficient (Wildman–Crippen LogP) is 2.11. The van der Waals surface area contributed by atoms with Gasteiger partial charge in [0.2, 0.25) is 5.91 Å². The third-order valence-electron chi connectivity index (χ3n) is 6.70. The van der Waals surface area contributed by atoms with Crippen LogP contribution in [0.4, 0.5) is 0 Å². The van der Waals surface area contributed by atoms with E-state index in [1.807, 2.05) is 0 Å². The smallest absolute Gasteiger partial charge is 0.352 e. The number of nitrogens with zero attached hydrogens (tertiary/aromatic N) is 3. The number of pyridine rings is 2. The van der Waals surface area contributed by atoms with Crippen LogP contribution >= 0.6 is 11.8 Å². The molecule has 2 aliphatic rings. The van der Waals surface area contributed by atoms with E-state index in [1.54, 1.807) is 73.9 Å². The van der Waals surface area contributed by atoms with Crippen LogP contribution in [-0.4, -0.2) is 59.8 Å². The molecule has 38 heavy (non-hydrogen) atoms. The Morgan fingerprint density at radius 2 is 1.87 bits per heavy atom. The molecule has 4 heterocycles. The maximum absolute atomic E-state index is 13.8. The highest BCUT2D eigenvalue weighted by Gasteiger charge is 2.57. The topological polar surface area (TPSA) is 150 Å². The molecule has 0 spiro atoms. The van der Waals surface area contributed by atoms with Crippen LogP contribution in [0.2, 0.25) is 0 Å². The number of benzene rings is 1. The maximum Gasteiger partial charge on any atom is 0.352 e. The Morgan fingerprint density at radius 1 is 1.16 bits per heavy atom. The molecule has 194 valence electrons. The molecule has 1 saturated heterocycles. The zero-order valence-corrected chi connectivity index (χ0v) is 21.2. The van der Waals surface area contributed by atoms with Gasteiger partial charge in [0.1, 0.15) is 23.2 Å². The van der Waals surface area contributed by atoms with Crippen LogP contribution in [0.5, 0.6) is 0 Å². The zero-order valence-electron chi connectivity index (χ0n) is 20.4. The molecular formula is C27H25N5O5S. The van der Waals surface area contributed by atoms with Crippen molar-refractivity contribution in [3.63, 3.8) is 0 Å². The number of H-pyrrole nitrogens is 1. The summed E-state index contributed by atoms with van der Waals surface area (Å²) in [4.78, 5) is 61.4. The quantitative estimate of drug-likeness (QED) is 0.393. The molecule has 1 fully saturated rings. The number of hydrogen-bond acceptors (Lipinski definition) is 7. The Morgan fingerprint density at radius 3 is 2.53 bits per heavy atom. The monoisotopic (exact) mass is 531 g/mol. The molecule has 1 aromatic carbocycles. The fourth-order valence-corrected chi connectivity index (χ4v) is 6.08. The Bertz CT molecular complexity index is 1490. The van der Waals surface area contributed by atoms with Crippen LogP contribution in [0.1, 0.15) is 24.1 Å². The van der Waals surface area contributed by atoms with Gasteiger partial charge in [-0.3, -0.25) is 24.3 Å². The second-order valence-electron chi connectivity index (χ2n) is 9.11. The van der Waals surface area contributed by atoms with Crippen molar-refractivity contribution in [3.8, 4) is 11.3 Å². The molecular weight excluding hydrogens is 506 g/mol. The van der Waals surface area contributed by atoms with Gasteiger partial charge in [-0.15, -0.1) is 11.8 Å². The van der Waals surface area contributed by atoms with Gasteiger partial charge in [-0.05, 0) is 42.3 Å². The molecule has 0 bridgehead atoms. The van der Waals surface area contributed by atoms with Gasteiger partial charge >= 0.3 is 5.97 Å². The number of fused-ring (bicyclic) bond motifs is 1. The number of aliphatic carboxylic acids is 1. The lowest BCUT2D eigenvalue weighted by Gasteiger charge is -2.53. The lowest BCUT2D eigenvalue weighted by atomic mass is 9.98. The molecule has 3 atom stereocenters. The number of nitrogens with one attached hydrogen (secondary N) is 1. The third kappa shape index (κ3) is 4.50. The molecule has 0 aliphatic carbocycles. The van der Waals surface area contributed by atoms with E-state index >= 15 is 0 Å². The summed E-state index contributed by atoms with van der Waals surface area (Å²) in [5.41, 5.74) is 8.64. The normalized spacial score (nSPS) is 19.4. The molecule has 2 aromatic heterocycles. The van der Waals surface area contributed by atoms with Crippen LogP contribution in [-0.2, 0) is 20.9 Å². The number of carbonyl (C=O) groups excluding carboxylic acids is 2. The summed E-state index contributed by atoms with van der Waals surface area (Å²) in [6, 6.07) is 13.6. The number of hydrogen-bond donors (Lipinski definition) is 3. The van der Waals surface area contributed by atoms with Crippen molar-refractivity contribution in [2.75, 3.05) is 5.75 Å². The first-order chi connectivity index (χ1) is 18.3. The van der Waals surface area contributed by atoms with E-state index in [-0.39, 0.29) is 17.8 Å². The largest absolute Gasteiger partial charge is 0.477 e. The minimum atomic E-state index is -1.19. The highest BCUT2D eigenvalue weighted by atomic mass is 32.2. The number of rotatable bonds is 7. The second kappa shape index (κ2) is 10.3. The average molecular weight is 532 g/mol. The summed E-state index contributed by atoms with van der Waals surface area (Å²) < 4.78 is 0. The number of nitrogens with two attached hydrogens (primary N) is 1. The van der Waals surface area contributed by atoms with Gasteiger partial charge in [0.05, 0.1) is 6.54 Å².